The number of hydrogen-bond donors (Lipinski definition) is 1. The summed E-state index contributed by atoms with van der Waals surface area (Å²) in [6, 6.07) is 10.3. The molecule has 0 saturated carbocycles. The third kappa shape index (κ3) is 4.15. The number of rotatable bonds is 5. The summed E-state index contributed by atoms with van der Waals surface area (Å²) in [7, 11) is -3.59. The Kier molecular flexibility index (Phi) is 5.03. The first-order valence-corrected chi connectivity index (χ1v) is 10.0. The van der Waals surface area contributed by atoms with Crippen LogP contribution in [0.1, 0.15) is 6.42 Å². The molecule has 0 atom stereocenters. The summed E-state index contributed by atoms with van der Waals surface area (Å²) in [6.45, 7) is 0. The summed E-state index contributed by atoms with van der Waals surface area (Å²) in [5.41, 5.74) is 0.177. The molecule has 0 aliphatic heterocycles. The van der Waals surface area contributed by atoms with Crippen LogP contribution in [0.3, 0.4) is 0 Å². The minimum absolute atomic E-state index is 0.103. The second-order valence-electron chi connectivity index (χ2n) is 5.18. The Morgan fingerprint density at radius 2 is 1.92 bits per heavy atom. The molecule has 1 aromatic heterocycles. The van der Waals surface area contributed by atoms with E-state index in [4.69, 9.17) is 11.6 Å². The highest BCUT2D eigenvalue weighted by Gasteiger charge is 2.17. The molecule has 25 heavy (non-hydrogen) atoms. The monoisotopic (exact) mass is 398 g/mol. The van der Waals surface area contributed by atoms with Crippen LogP contribution >= 0.6 is 22.9 Å². The number of benzene rings is 2. The normalized spacial score (nSPS) is 11.6. The molecule has 0 unspecified atom stereocenters. The first-order valence-electron chi connectivity index (χ1n) is 7.18. The zero-order chi connectivity index (χ0) is 18.0. The van der Waals surface area contributed by atoms with Crippen LogP contribution in [0, 0.1) is 5.82 Å². The lowest BCUT2D eigenvalue weighted by molar-refractivity contribution is -0.115. The van der Waals surface area contributed by atoms with Gasteiger partial charge in [0.2, 0.25) is 5.91 Å². The second-order valence-corrected chi connectivity index (χ2v) is 8.75. The van der Waals surface area contributed by atoms with Crippen LogP contribution in [0.5, 0.6) is 0 Å². The molecule has 5 nitrogen and oxygen atoms in total. The van der Waals surface area contributed by atoms with Crippen molar-refractivity contribution in [1.29, 1.82) is 0 Å². The molecule has 1 heterocycles. The standard InChI is InChI=1S/C16H12ClFN2O3S2/c17-10-4-6-11(7-5-10)25(22,23)9-8-14(21)19-16-20-15-12(18)2-1-3-13(15)24-16/h1-7H,8-9H2,(H,19,20,21). The zero-order valence-corrected chi connectivity index (χ0v) is 15.1. The highest BCUT2D eigenvalue weighted by Crippen LogP contribution is 2.27. The third-order valence-corrected chi connectivity index (χ3v) is 6.31. The zero-order valence-electron chi connectivity index (χ0n) is 12.7. The smallest absolute Gasteiger partial charge is 0.227 e. The molecule has 0 saturated heterocycles. The number of para-hydroxylation sites is 1. The molecular weight excluding hydrogens is 387 g/mol. The summed E-state index contributed by atoms with van der Waals surface area (Å²) < 4.78 is 38.6. The Labute approximate surface area is 152 Å². The van der Waals surface area contributed by atoms with Crippen molar-refractivity contribution in [3.8, 4) is 0 Å². The van der Waals surface area contributed by atoms with Crippen LogP contribution in [-0.4, -0.2) is 25.1 Å². The Morgan fingerprint density at radius 3 is 2.60 bits per heavy atom. The average Bonchev–Trinajstić information content (AvgIpc) is 2.97. The van der Waals surface area contributed by atoms with Crippen LogP contribution in [-0.2, 0) is 14.6 Å². The van der Waals surface area contributed by atoms with E-state index in [0.29, 0.717) is 9.72 Å². The maximum Gasteiger partial charge on any atom is 0.227 e. The van der Waals surface area contributed by atoms with Gasteiger partial charge in [0.05, 0.1) is 15.3 Å². The number of carbonyl (C=O) groups excluding carboxylic acids is 1. The van der Waals surface area contributed by atoms with E-state index in [-0.39, 0.29) is 27.7 Å². The predicted octanol–water partition coefficient (Wildman–Crippen LogP) is 3.89. The van der Waals surface area contributed by atoms with E-state index in [2.05, 4.69) is 10.3 Å². The number of nitrogens with one attached hydrogen (secondary N) is 1. The largest absolute Gasteiger partial charge is 0.302 e. The van der Waals surface area contributed by atoms with Crippen molar-refractivity contribution in [3.05, 3.63) is 53.3 Å². The van der Waals surface area contributed by atoms with E-state index >= 15 is 0 Å². The molecule has 3 rings (SSSR count). The van der Waals surface area contributed by atoms with Crippen molar-refractivity contribution in [2.45, 2.75) is 11.3 Å². The van der Waals surface area contributed by atoms with Crippen molar-refractivity contribution < 1.29 is 17.6 Å². The molecule has 0 bridgehead atoms. The summed E-state index contributed by atoms with van der Waals surface area (Å²) in [6.07, 6.45) is -0.233. The molecule has 2 aromatic carbocycles. The molecule has 1 N–H and O–H groups in total. The third-order valence-electron chi connectivity index (χ3n) is 3.39. The Morgan fingerprint density at radius 1 is 1.20 bits per heavy atom. The molecular formula is C16H12ClFN2O3S2. The molecule has 1 amide bonds. The van der Waals surface area contributed by atoms with E-state index in [1.54, 1.807) is 12.1 Å². The number of thiazole rings is 1. The van der Waals surface area contributed by atoms with E-state index < -0.39 is 21.6 Å². The van der Waals surface area contributed by atoms with Crippen molar-refractivity contribution in [1.82, 2.24) is 4.98 Å². The van der Waals surface area contributed by atoms with Gasteiger partial charge >= 0.3 is 0 Å². The maximum absolute atomic E-state index is 13.6. The van der Waals surface area contributed by atoms with Crippen molar-refractivity contribution >= 4 is 54.0 Å². The van der Waals surface area contributed by atoms with E-state index in [1.807, 2.05) is 0 Å². The van der Waals surface area contributed by atoms with Gasteiger partial charge in [-0.25, -0.2) is 17.8 Å². The van der Waals surface area contributed by atoms with E-state index in [1.165, 1.54) is 30.3 Å². The number of sulfone groups is 1. The van der Waals surface area contributed by atoms with Gasteiger partial charge in [0, 0.05) is 11.4 Å². The van der Waals surface area contributed by atoms with E-state index in [0.717, 1.165) is 11.3 Å². The van der Waals surface area contributed by atoms with Crippen molar-refractivity contribution in [3.63, 3.8) is 0 Å². The maximum atomic E-state index is 13.6. The fourth-order valence-electron chi connectivity index (χ4n) is 2.14. The Hall–Kier alpha value is -2.03. The molecule has 130 valence electrons. The lowest BCUT2D eigenvalue weighted by Gasteiger charge is -2.04. The van der Waals surface area contributed by atoms with Crippen LogP contribution in [0.25, 0.3) is 10.2 Å². The summed E-state index contributed by atoms with van der Waals surface area (Å²) in [5, 5.41) is 3.17. The van der Waals surface area contributed by atoms with Crippen LogP contribution in [0.15, 0.2) is 47.4 Å². The molecule has 0 radical (unpaired) electrons. The van der Waals surface area contributed by atoms with Gasteiger partial charge in [-0.05, 0) is 36.4 Å². The fraction of sp³-hybridized carbons (Fsp3) is 0.125. The lowest BCUT2D eigenvalue weighted by atomic mass is 10.3. The number of aromatic nitrogens is 1. The van der Waals surface area contributed by atoms with Crippen LogP contribution in [0.4, 0.5) is 9.52 Å². The fourth-order valence-corrected chi connectivity index (χ4v) is 4.40. The SMILES string of the molecule is O=C(CCS(=O)(=O)c1ccc(Cl)cc1)Nc1nc2c(F)cccc2s1. The number of halogens is 2. The summed E-state index contributed by atoms with van der Waals surface area (Å²) in [4.78, 5) is 16.1. The quantitative estimate of drug-likeness (QED) is 0.707. The van der Waals surface area contributed by atoms with Gasteiger partial charge in [0.25, 0.3) is 0 Å². The first kappa shape index (κ1) is 17.8. The molecule has 0 aliphatic rings. The van der Waals surface area contributed by atoms with Gasteiger partial charge in [-0.3, -0.25) is 4.79 Å². The van der Waals surface area contributed by atoms with Crippen molar-refractivity contribution in [2.75, 3.05) is 11.1 Å². The number of fused-ring (bicyclic) bond motifs is 1. The Bertz CT molecular complexity index is 1030. The first-order chi connectivity index (χ1) is 11.8. The number of hydrogen-bond acceptors (Lipinski definition) is 5. The van der Waals surface area contributed by atoms with E-state index in [9.17, 15) is 17.6 Å². The van der Waals surface area contributed by atoms with Gasteiger partial charge < -0.3 is 5.32 Å². The minimum atomic E-state index is -3.59. The summed E-state index contributed by atoms with van der Waals surface area (Å²) in [5.74, 6) is -1.32. The van der Waals surface area contributed by atoms with Crippen LogP contribution in [0.2, 0.25) is 5.02 Å². The van der Waals surface area contributed by atoms with Gasteiger partial charge in [0.15, 0.2) is 15.0 Å². The van der Waals surface area contributed by atoms with Gasteiger partial charge in [-0.2, -0.15) is 0 Å². The van der Waals surface area contributed by atoms with Crippen molar-refractivity contribution in [2.24, 2.45) is 0 Å². The number of carbonyl (C=O) groups is 1. The minimum Gasteiger partial charge on any atom is -0.302 e. The van der Waals surface area contributed by atoms with Gasteiger partial charge in [0.1, 0.15) is 11.3 Å². The number of anilines is 1. The Balaban J connectivity index is 1.65. The molecule has 0 spiro atoms. The number of nitrogens with zero attached hydrogens (tertiary/aromatic N) is 1. The average molecular weight is 399 g/mol. The highest BCUT2D eigenvalue weighted by molar-refractivity contribution is 7.91. The topological polar surface area (TPSA) is 76.1 Å². The number of amides is 1. The second kappa shape index (κ2) is 7.07. The molecule has 0 fully saturated rings. The van der Waals surface area contributed by atoms with Gasteiger partial charge in [-0.15, -0.1) is 0 Å². The highest BCUT2D eigenvalue weighted by atomic mass is 35.5. The molecule has 0 aliphatic carbocycles. The molecule has 9 heteroatoms. The predicted molar refractivity (Wildman–Crippen MR) is 96.3 cm³/mol. The summed E-state index contributed by atoms with van der Waals surface area (Å²) >= 11 is 6.86. The van der Waals surface area contributed by atoms with Crippen LogP contribution < -0.4 is 5.32 Å². The van der Waals surface area contributed by atoms with Gasteiger partial charge in [-0.1, -0.05) is 29.0 Å². The lowest BCUT2D eigenvalue weighted by Crippen LogP contribution is -2.17. The molecule has 3 aromatic rings.